The van der Waals surface area contributed by atoms with Gasteiger partial charge in [-0.15, -0.1) is 0 Å². The Kier molecular flexibility index (Phi) is 8.46. The Hall–Kier alpha value is -3.35. The molecule has 0 aliphatic carbocycles. The average molecular weight is 422 g/mol. The van der Waals surface area contributed by atoms with E-state index in [1.54, 1.807) is 6.20 Å². The second-order valence-corrected chi connectivity index (χ2v) is 7.06. The molecule has 0 atom stereocenters. The number of guanidine groups is 1. The molecule has 7 heteroatoms. The normalized spacial score (nSPS) is 11.4. The quantitative estimate of drug-likeness (QED) is 0.380. The van der Waals surface area contributed by atoms with Crippen LogP contribution in [0.1, 0.15) is 48.9 Å². The van der Waals surface area contributed by atoms with Gasteiger partial charge in [-0.05, 0) is 30.5 Å². The van der Waals surface area contributed by atoms with Crippen LogP contribution in [0.15, 0.2) is 58.2 Å². The molecule has 3 rings (SSSR count). The summed E-state index contributed by atoms with van der Waals surface area (Å²) in [7, 11) is 0. The fourth-order valence-electron chi connectivity index (χ4n) is 3.18. The highest BCUT2D eigenvalue weighted by Crippen LogP contribution is 2.16. The monoisotopic (exact) mass is 421 g/mol. The fourth-order valence-corrected chi connectivity index (χ4v) is 3.18. The van der Waals surface area contributed by atoms with Crippen molar-refractivity contribution in [3.05, 3.63) is 76.8 Å². The summed E-state index contributed by atoms with van der Waals surface area (Å²) >= 11 is 0. The summed E-state index contributed by atoms with van der Waals surface area (Å²) in [5.74, 6) is 2.27. The predicted molar refractivity (Wildman–Crippen MR) is 122 cm³/mol. The third-order valence-electron chi connectivity index (χ3n) is 4.83. The minimum absolute atomic E-state index is 0.489. The molecule has 0 bridgehead atoms. The lowest BCUT2D eigenvalue weighted by Crippen LogP contribution is -2.37. The molecule has 164 valence electrons. The van der Waals surface area contributed by atoms with Crippen LogP contribution in [0.3, 0.4) is 0 Å². The molecular formula is C24H31N5O2. The van der Waals surface area contributed by atoms with Crippen molar-refractivity contribution in [3.63, 3.8) is 0 Å². The number of benzene rings is 1. The van der Waals surface area contributed by atoms with Crippen molar-refractivity contribution in [2.24, 2.45) is 4.99 Å². The second kappa shape index (κ2) is 11.7. The van der Waals surface area contributed by atoms with Crippen LogP contribution in [0.4, 0.5) is 0 Å². The maximum Gasteiger partial charge on any atom is 0.213 e. The molecule has 0 fully saturated rings. The molecule has 3 aromatic rings. The van der Waals surface area contributed by atoms with Crippen molar-refractivity contribution in [2.45, 2.75) is 53.3 Å². The number of aryl methyl sites for hydroxylation is 2. The maximum absolute atomic E-state index is 5.83. The van der Waals surface area contributed by atoms with E-state index in [4.69, 9.17) is 14.3 Å². The maximum atomic E-state index is 5.83. The summed E-state index contributed by atoms with van der Waals surface area (Å²) in [6.07, 6.45) is 3.42. The van der Waals surface area contributed by atoms with Gasteiger partial charge in [0, 0.05) is 37.3 Å². The first kappa shape index (κ1) is 22.3. The largest absolute Gasteiger partial charge is 0.473 e. The molecule has 0 amide bonds. The zero-order chi connectivity index (χ0) is 21.9. The highest BCUT2D eigenvalue weighted by atomic mass is 16.5. The van der Waals surface area contributed by atoms with E-state index in [1.807, 2.05) is 49.4 Å². The second-order valence-electron chi connectivity index (χ2n) is 7.06. The van der Waals surface area contributed by atoms with E-state index < -0.39 is 0 Å². The molecular weight excluding hydrogens is 390 g/mol. The molecule has 0 saturated heterocycles. The van der Waals surface area contributed by atoms with Crippen molar-refractivity contribution in [3.8, 4) is 5.88 Å². The van der Waals surface area contributed by atoms with Gasteiger partial charge in [-0.25, -0.2) is 9.98 Å². The van der Waals surface area contributed by atoms with Crippen molar-refractivity contribution in [2.75, 3.05) is 6.54 Å². The molecule has 0 aliphatic heterocycles. The smallest absolute Gasteiger partial charge is 0.213 e. The Labute approximate surface area is 183 Å². The summed E-state index contributed by atoms with van der Waals surface area (Å²) < 4.78 is 11.3. The lowest BCUT2D eigenvalue weighted by atomic mass is 10.1. The molecule has 7 nitrogen and oxygen atoms in total. The van der Waals surface area contributed by atoms with Crippen LogP contribution >= 0.6 is 0 Å². The Bertz CT molecular complexity index is 948. The molecule has 2 N–H and O–H groups in total. The number of nitrogens with one attached hydrogen (secondary N) is 2. The molecule has 0 radical (unpaired) electrons. The van der Waals surface area contributed by atoms with Crippen LogP contribution in [0.5, 0.6) is 5.88 Å². The van der Waals surface area contributed by atoms with Crippen LogP contribution < -0.4 is 15.4 Å². The Balaban J connectivity index is 1.61. The number of pyridine rings is 1. The van der Waals surface area contributed by atoms with Gasteiger partial charge >= 0.3 is 0 Å². The van der Waals surface area contributed by atoms with Gasteiger partial charge in [0.25, 0.3) is 0 Å². The highest BCUT2D eigenvalue weighted by Gasteiger charge is 2.13. The van der Waals surface area contributed by atoms with Crippen molar-refractivity contribution < 1.29 is 9.26 Å². The number of ether oxygens (including phenoxy) is 1. The Morgan fingerprint density at radius 3 is 2.61 bits per heavy atom. The topological polar surface area (TPSA) is 84.6 Å². The number of hydrogen-bond donors (Lipinski definition) is 2. The van der Waals surface area contributed by atoms with Gasteiger partial charge in [-0.2, -0.15) is 0 Å². The Morgan fingerprint density at radius 1 is 1.03 bits per heavy atom. The van der Waals surface area contributed by atoms with Crippen LogP contribution in [0, 0.1) is 0 Å². The third kappa shape index (κ3) is 6.57. The molecule has 2 heterocycles. The van der Waals surface area contributed by atoms with Crippen LogP contribution in [-0.2, 0) is 32.5 Å². The number of nitrogens with zero attached hydrogens (tertiary/aromatic N) is 3. The van der Waals surface area contributed by atoms with Gasteiger partial charge in [0.2, 0.25) is 5.88 Å². The first-order valence-electron chi connectivity index (χ1n) is 10.8. The van der Waals surface area contributed by atoms with Gasteiger partial charge in [0.15, 0.2) is 5.96 Å². The van der Waals surface area contributed by atoms with E-state index in [-0.39, 0.29) is 0 Å². The molecule has 0 spiro atoms. The van der Waals surface area contributed by atoms with E-state index in [1.165, 1.54) is 0 Å². The molecule has 2 aromatic heterocycles. The average Bonchev–Trinajstić information content (AvgIpc) is 3.22. The molecule has 31 heavy (non-hydrogen) atoms. The first-order chi connectivity index (χ1) is 15.2. The SMILES string of the molecule is CCNC(=NCc1ccnc(OCc2ccccc2)c1)NCc1c(CC)noc1CC. The van der Waals surface area contributed by atoms with Gasteiger partial charge in [-0.1, -0.05) is 49.3 Å². The van der Waals surface area contributed by atoms with E-state index >= 15 is 0 Å². The predicted octanol–water partition coefficient (Wildman–Crippen LogP) is 4.03. The van der Waals surface area contributed by atoms with Gasteiger partial charge < -0.3 is 19.9 Å². The van der Waals surface area contributed by atoms with Gasteiger partial charge in [-0.3, -0.25) is 0 Å². The third-order valence-corrected chi connectivity index (χ3v) is 4.83. The summed E-state index contributed by atoms with van der Waals surface area (Å²) in [5, 5.41) is 10.9. The van der Waals surface area contributed by atoms with E-state index in [2.05, 4.69) is 34.6 Å². The Morgan fingerprint density at radius 2 is 1.87 bits per heavy atom. The van der Waals surface area contributed by atoms with Crippen LogP contribution in [0.25, 0.3) is 0 Å². The van der Waals surface area contributed by atoms with E-state index in [9.17, 15) is 0 Å². The minimum atomic E-state index is 0.489. The molecule has 0 unspecified atom stereocenters. The summed E-state index contributed by atoms with van der Waals surface area (Å²) in [5.41, 5.74) is 4.26. The number of rotatable bonds is 10. The minimum Gasteiger partial charge on any atom is -0.473 e. The van der Waals surface area contributed by atoms with Gasteiger partial charge in [0.1, 0.15) is 12.4 Å². The lowest BCUT2D eigenvalue weighted by molar-refractivity contribution is 0.293. The van der Waals surface area contributed by atoms with Crippen LogP contribution in [-0.4, -0.2) is 22.6 Å². The highest BCUT2D eigenvalue weighted by molar-refractivity contribution is 5.79. The molecule has 0 saturated carbocycles. The van der Waals surface area contributed by atoms with Crippen LogP contribution in [0.2, 0.25) is 0 Å². The van der Waals surface area contributed by atoms with Crippen molar-refractivity contribution in [1.29, 1.82) is 0 Å². The zero-order valence-electron chi connectivity index (χ0n) is 18.5. The summed E-state index contributed by atoms with van der Waals surface area (Å²) in [6.45, 7) is 8.62. The van der Waals surface area contributed by atoms with Crippen molar-refractivity contribution >= 4 is 5.96 Å². The molecule has 0 aliphatic rings. The lowest BCUT2D eigenvalue weighted by Gasteiger charge is -2.12. The molecule has 1 aromatic carbocycles. The van der Waals surface area contributed by atoms with Gasteiger partial charge in [0.05, 0.1) is 12.2 Å². The van der Waals surface area contributed by atoms with E-state index in [0.717, 1.165) is 53.5 Å². The first-order valence-corrected chi connectivity index (χ1v) is 10.8. The fraction of sp³-hybridized carbons (Fsp3) is 0.375. The van der Waals surface area contributed by atoms with E-state index in [0.29, 0.717) is 25.6 Å². The summed E-state index contributed by atoms with van der Waals surface area (Å²) in [4.78, 5) is 9.02. The summed E-state index contributed by atoms with van der Waals surface area (Å²) in [6, 6.07) is 13.9. The zero-order valence-corrected chi connectivity index (χ0v) is 18.5. The number of aliphatic imine (C=N–C) groups is 1. The van der Waals surface area contributed by atoms with Crippen molar-refractivity contribution in [1.82, 2.24) is 20.8 Å². The number of hydrogen-bond acceptors (Lipinski definition) is 5. The number of aromatic nitrogens is 2. The standard InChI is InChI=1S/C24H31N5O2/c1-4-21-20(22(5-2)31-29-21)16-28-24(25-6-3)27-15-19-12-13-26-23(14-19)30-17-18-10-8-7-9-11-18/h7-14H,4-6,15-17H2,1-3H3,(H2,25,27,28).